The normalized spacial score (nSPS) is 14.9. The summed E-state index contributed by atoms with van der Waals surface area (Å²) in [6.07, 6.45) is 0. The monoisotopic (exact) mass is 498 g/mol. The second kappa shape index (κ2) is 9.78. The number of halogens is 1. The zero-order chi connectivity index (χ0) is 21.7. The van der Waals surface area contributed by atoms with Gasteiger partial charge >= 0.3 is 0 Å². The SMILES string of the molecule is CCOc1c(Br)cc(C(=O)Nc2ccc(S(=O)(=O)N3CCOCC3)cc2)cc1OC. The molecule has 2 aromatic carbocycles. The van der Waals surface area contributed by atoms with Crippen LogP contribution in [-0.4, -0.2) is 58.7 Å². The quantitative estimate of drug-likeness (QED) is 0.630. The van der Waals surface area contributed by atoms with E-state index in [2.05, 4.69) is 21.2 Å². The molecule has 0 unspecified atom stereocenters. The van der Waals surface area contributed by atoms with E-state index in [9.17, 15) is 13.2 Å². The number of benzene rings is 2. The number of anilines is 1. The third kappa shape index (κ3) is 4.94. The molecular formula is C20H23BrN2O6S. The molecule has 1 amide bonds. The van der Waals surface area contributed by atoms with E-state index in [-0.39, 0.29) is 10.8 Å². The number of methoxy groups -OCH3 is 1. The summed E-state index contributed by atoms with van der Waals surface area (Å²) in [5.41, 5.74) is 0.845. The minimum Gasteiger partial charge on any atom is -0.493 e. The fraction of sp³-hybridized carbons (Fsp3) is 0.350. The van der Waals surface area contributed by atoms with Crippen LogP contribution in [0.2, 0.25) is 0 Å². The number of nitrogens with zero attached hydrogens (tertiary/aromatic N) is 1. The number of carbonyl (C=O) groups is 1. The van der Waals surface area contributed by atoms with Crippen LogP contribution in [0.3, 0.4) is 0 Å². The van der Waals surface area contributed by atoms with Crippen LogP contribution >= 0.6 is 15.9 Å². The molecule has 0 aromatic heterocycles. The lowest BCUT2D eigenvalue weighted by Crippen LogP contribution is -2.40. The zero-order valence-electron chi connectivity index (χ0n) is 16.7. The number of hydrogen-bond donors (Lipinski definition) is 1. The summed E-state index contributed by atoms with van der Waals surface area (Å²) in [6, 6.07) is 9.31. The van der Waals surface area contributed by atoms with Crippen LogP contribution < -0.4 is 14.8 Å². The maximum atomic E-state index is 12.7. The van der Waals surface area contributed by atoms with Crippen LogP contribution in [0.15, 0.2) is 45.8 Å². The Balaban J connectivity index is 1.75. The second-order valence-corrected chi connectivity index (χ2v) is 9.21. The van der Waals surface area contributed by atoms with E-state index in [0.717, 1.165) is 0 Å². The summed E-state index contributed by atoms with van der Waals surface area (Å²) in [6.45, 7) is 3.74. The number of morpholine rings is 1. The molecule has 8 nitrogen and oxygen atoms in total. The van der Waals surface area contributed by atoms with E-state index in [1.54, 1.807) is 24.3 Å². The molecule has 0 spiro atoms. The Bertz CT molecular complexity index is 1000. The number of nitrogens with one attached hydrogen (secondary N) is 1. The fourth-order valence-electron chi connectivity index (χ4n) is 2.98. The van der Waals surface area contributed by atoms with Crippen molar-refractivity contribution in [1.82, 2.24) is 4.31 Å². The van der Waals surface area contributed by atoms with Gasteiger partial charge in [-0.25, -0.2) is 8.42 Å². The fourth-order valence-corrected chi connectivity index (χ4v) is 4.95. The van der Waals surface area contributed by atoms with Crippen molar-refractivity contribution >= 4 is 37.5 Å². The molecule has 3 rings (SSSR count). The first kappa shape index (κ1) is 22.5. The molecule has 1 saturated heterocycles. The average Bonchev–Trinajstić information content (AvgIpc) is 2.76. The molecule has 0 radical (unpaired) electrons. The molecule has 1 heterocycles. The summed E-state index contributed by atoms with van der Waals surface area (Å²) >= 11 is 3.40. The number of ether oxygens (including phenoxy) is 3. The number of sulfonamides is 1. The molecule has 0 saturated carbocycles. The first-order valence-electron chi connectivity index (χ1n) is 9.36. The Kier molecular flexibility index (Phi) is 7.35. The van der Waals surface area contributed by atoms with Gasteiger partial charge in [-0.15, -0.1) is 0 Å². The average molecular weight is 499 g/mol. The highest BCUT2D eigenvalue weighted by Gasteiger charge is 2.26. The smallest absolute Gasteiger partial charge is 0.255 e. The number of rotatable bonds is 7. The van der Waals surface area contributed by atoms with Gasteiger partial charge in [0.05, 0.1) is 36.3 Å². The topological polar surface area (TPSA) is 94.2 Å². The largest absolute Gasteiger partial charge is 0.493 e. The first-order valence-corrected chi connectivity index (χ1v) is 11.6. The maximum Gasteiger partial charge on any atom is 0.255 e. The van der Waals surface area contributed by atoms with Crippen molar-refractivity contribution in [2.75, 3.05) is 45.3 Å². The lowest BCUT2D eigenvalue weighted by molar-refractivity contribution is 0.0730. The molecule has 0 bridgehead atoms. The van der Waals surface area contributed by atoms with Gasteiger partial charge in [-0.2, -0.15) is 4.31 Å². The number of hydrogen-bond acceptors (Lipinski definition) is 6. The van der Waals surface area contributed by atoms with Gasteiger partial charge in [-0.1, -0.05) is 0 Å². The molecule has 1 aliphatic rings. The summed E-state index contributed by atoms with van der Waals surface area (Å²) < 4.78 is 43.4. The molecule has 1 aliphatic heterocycles. The lowest BCUT2D eigenvalue weighted by atomic mass is 10.2. The Morgan fingerprint density at radius 3 is 2.47 bits per heavy atom. The third-order valence-corrected chi connectivity index (χ3v) is 7.00. The molecule has 162 valence electrons. The van der Waals surface area contributed by atoms with E-state index < -0.39 is 10.0 Å². The highest BCUT2D eigenvalue weighted by molar-refractivity contribution is 9.10. The van der Waals surface area contributed by atoms with Crippen molar-refractivity contribution in [3.8, 4) is 11.5 Å². The van der Waals surface area contributed by atoms with Gasteiger partial charge in [-0.3, -0.25) is 4.79 Å². The maximum absolute atomic E-state index is 12.7. The van der Waals surface area contributed by atoms with Crippen molar-refractivity contribution < 1.29 is 27.4 Å². The van der Waals surface area contributed by atoms with E-state index in [0.29, 0.717) is 60.1 Å². The summed E-state index contributed by atoms with van der Waals surface area (Å²) in [7, 11) is -2.08. The van der Waals surface area contributed by atoms with Crippen molar-refractivity contribution in [3.63, 3.8) is 0 Å². The molecule has 10 heteroatoms. The molecule has 1 fully saturated rings. The first-order chi connectivity index (χ1) is 14.4. The predicted molar refractivity (Wildman–Crippen MR) is 116 cm³/mol. The van der Waals surface area contributed by atoms with E-state index in [1.165, 1.54) is 23.5 Å². The summed E-state index contributed by atoms with van der Waals surface area (Å²) in [4.78, 5) is 12.8. The van der Waals surface area contributed by atoms with Gasteiger partial charge in [0.1, 0.15) is 0 Å². The molecule has 1 N–H and O–H groups in total. The van der Waals surface area contributed by atoms with Crippen molar-refractivity contribution in [2.24, 2.45) is 0 Å². The van der Waals surface area contributed by atoms with Crippen LogP contribution in [0.1, 0.15) is 17.3 Å². The standard InChI is InChI=1S/C20H23BrN2O6S/c1-3-29-19-17(21)12-14(13-18(19)27-2)20(24)22-15-4-6-16(7-5-15)30(25,26)23-8-10-28-11-9-23/h4-7,12-13H,3,8-11H2,1-2H3,(H,22,24). The van der Waals surface area contributed by atoms with Crippen molar-refractivity contribution in [1.29, 1.82) is 0 Å². The van der Waals surface area contributed by atoms with Crippen LogP contribution in [0.25, 0.3) is 0 Å². The molecule has 0 atom stereocenters. The number of carbonyl (C=O) groups excluding carboxylic acids is 1. The number of amides is 1. The third-order valence-electron chi connectivity index (χ3n) is 4.50. The summed E-state index contributed by atoms with van der Waals surface area (Å²) in [5.74, 6) is 0.596. The Morgan fingerprint density at radius 2 is 1.87 bits per heavy atom. The predicted octanol–water partition coefficient (Wildman–Crippen LogP) is 3.13. The summed E-state index contributed by atoms with van der Waals surface area (Å²) in [5, 5.41) is 2.76. The second-order valence-electron chi connectivity index (χ2n) is 6.42. The van der Waals surface area contributed by atoms with Gasteiger partial charge in [0.25, 0.3) is 5.91 Å². The van der Waals surface area contributed by atoms with Crippen LogP contribution in [0.5, 0.6) is 11.5 Å². The Labute approximate surface area is 184 Å². The molecule has 2 aromatic rings. The highest BCUT2D eigenvalue weighted by Crippen LogP contribution is 2.36. The minimum absolute atomic E-state index is 0.174. The van der Waals surface area contributed by atoms with Gasteiger partial charge in [0, 0.05) is 24.3 Å². The molecule has 0 aliphatic carbocycles. The van der Waals surface area contributed by atoms with E-state index in [4.69, 9.17) is 14.2 Å². The Hall–Kier alpha value is -2.14. The highest BCUT2D eigenvalue weighted by atomic mass is 79.9. The van der Waals surface area contributed by atoms with E-state index in [1.807, 2.05) is 6.92 Å². The molecular weight excluding hydrogens is 476 g/mol. The lowest BCUT2D eigenvalue weighted by Gasteiger charge is -2.26. The van der Waals surface area contributed by atoms with Crippen LogP contribution in [-0.2, 0) is 14.8 Å². The van der Waals surface area contributed by atoms with Crippen molar-refractivity contribution in [2.45, 2.75) is 11.8 Å². The van der Waals surface area contributed by atoms with Crippen LogP contribution in [0.4, 0.5) is 5.69 Å². The van der Waals surface area contributed by atoms with Crippen LogP contribution in [0, 0.1) is 0 Å². The van der Waals surface area contributed by atoms with Gasteiger partial charge in [-0.05, 0) is 59.3 Å². The van der Waals surface area contributed by atoms with Crippen molar-refractivity contribution in [3.05, 3.63) is 46.4 Å². The van der Waals surface area contributed by atoms with Gasteiger partial charge in [0.2, 0.25) is 10.0 Å². The van der Waals surface area contributed by atoms with Gasteiger partial charge in [0.15, 0.2) is 11.5 Å². The van der Waals surface area contributed by atoms with E-state index >= 15 is 0 Å². The molecule has 30 heavy (non-hydrogen) atoms. The Morgan fingerprint density at radius 1 is 1.20 bits per heavy atom. The minimum atomic E-state index is -3.58. The van der Waals surface area contributed by atoms with Gasteiger partial charge < -0.3 is 19.5 Å². The zero-order valence-corrected chi connectivity index (χ0v) is 19.1.